The van der Waals surface area contributed by atoms with E-state index >= 15 is 0 Å². The van der Waals surface area contributed by atoms with Gasteiger partial charge in [-0.1, -0.05) is 24.3 Å². The second kappa shape index (κ2) is 5.64. The van der Waals surface area contributed by atoms with Gasteiger partial charge in [0.15, 0.2) is 11.6 Å². The molecule has 8 heteroatoms. The minimum Gasteiger partial charge on any atom is -0.294 e. The molecule has 0 aliphatic rings. The number of halogens is 6. The summed E-state index contributed by atoms with van der Waals surface area (Å²) in [5.74, 6) is -2.43. The maximum Gasteiger partial charge on any atom is 0.396 e. The fourth-order valence-electron chi connectivity index (χ4n) is 1.41. The second-order valence-corrected chi connectivity index (χ2v) is 4.01. The number of ketones is 2. The van der Waals surface area contributed by atoms with E-state index in [9.17, 15) is 35.9 Å². The van der Waals surface area contributed by atoms with Crippen molar-refractivity contribution >= 4 is 11.6 Å². The van der Waals surface area contributed by atoms with Crippen LogP contribution in [0.1, 0.15) is 33.6 Å². The number of hydrogen-bond acceptors (Lipinski definition) is 2. The molecule has 0 saturated carbocycles. The van der Waals surface area contributed by atoms with Crippen LogP contribution in [0.3, 0.4) is 0 Å². The molecule has 0 amide bonds. The molecule has 0 saturated heterocycles. The summed E-state index contributed by atoms with van der Waals surface area (Å²) in [5, 5.41) is 0. The average Bonchev–Trinajstić information content (AvgIpc) is 2.24. The van der Waals surface area contributed by atoms with Crippen molar-refractivity contribution in [3.8, 4) is 0 Å². The maximum atomic E-state index is 12.0. The van der Waals surface area contributed by atoms with Crippen LogP contribution < -0.4 is 0 Å². The van der Waals surface area contributed by atoms with Crippen molar-refractivity contribution in [2.75, 3.05) is 0 Å². The van der Waals surface area contributed by atoms with E-state index in [-0.39, 0.29) is 11.1 Å². The lowest BCUT2D eigenvalue weighted by molar-refractivity contribution is -0.126. The molecule has 0 heterocycles. The second-order valence-electron chi connectivity index (χ2n) is 4.01. The molecular formula is C12H8F6O2. The van der Waals surface area contributed by atoms with Crippen LogP contribution in [0, 0.1) is 0 Å². The first-order valence-electron chi connectivity index (χ1n) is 5.28. The lowest BCUT2D eigenvalue weighted by Crippen LogP contribution is -2.16. The summed E-state index contributed by atoms with van der Waals surface area (Å²) >= 11 is 0. The zero-order valence-electron chi connectivity index (χ0n) is 9.81. The first-order chi connectivity index (χ1) is 8.98. The summed E-state index contributed by atoms with van der Waals surface area (Å²) in [5.41, 5.74) is -0.628. The summed E-state index contributed by atoms with van der Waals surface area (Å²) in [4.78, 5) is 22.4. The molecule has 1 rings (SSSR count). The van der Waals surface area contributed by atoms with E-state index in [1.165, 1.54) is 0 Å². The Morgan fingerprint density at radius 2 is 0.950 bits per heavy atom. The van der Waals surface area contributed by atoms with Crippen molar-refractivity contribution in [2.24, 2.45) is 0 Å². The number of hydrogen-bond donors (Lipinski definition) is 0. The molecule has 0 bridgehead atoms. The van der Waals surface area contributed by atoms with Gasteiger partial charge in [-0.15, -0.1) is 0 Å². The summed E-state index contributed by atoms with van der Waals surface area (Å²) < 4.78 is 71.9. The third-order valence-electron chi connectivity index (χ3n) is 2.25. The van der Waals surface area contributed by atoms with Crippen molar-refractivity contribution in [2.45, 2.75) is 25.2 Å². The zero-order valence-corrected chi connectivity index (χ0v) is 9.81. The minimum atomic E-state index is -4.66. The number of carbonyl (C=O) groups is 2. The Kier molecular flexibility index (Phi) is 4.57. The van der Waals surface area contributed by atoms with Crippen molar-refractivity contribution in [1.29, 1.82) is 0 Å². The largest absolute Gasteiger partial charge is 0.396 e. The lowest BCUT2D eigenvalue weighted by Gasteiger charge is -2.07. The number of rotatable bonds is 4. The average molecular weight is 298 g/mol. The van der Waals surface area contributed by atoms with E-state index in [2.05, 4.69) is 0 Å². The zero-order chi connectivity index (χ0) is 15.6. The number of Topliss-reactive ketones (excluding diaryl/α,β-unsaturated/α-hetero) is 2. The minimum absolute atomic E-state index is 0.314. The standard InChI is InChI=1S/C12H8F6O2/c13-11(14,15)5-9(19)7-1-2-8(4-3-7)10(20)6-12(16,17)18/h1-4H,5-6H2. The molecule has 0 N–H and O–H groups in total. The molecule has 0 spiro atoms. The van der Waals surface area contributed by atoms with Crippen LogP contribution in [-0.4, -0.2) is 23.9 Å². The SMILES string of the molecule is O=C(CC(F)(F)F)c1ccc(C(=O)CC(F)(F)F)cc1. The van der Waals surface area contributed by atoms with Gasteiger partial charge >= 0.3 is 12.4 Å². The van der Waals surface area contributed by atoms with Gasteiger partial charge in [-0.3, -0.25) is 9.59 Å². The lowest BCUT2D eigenvalue weighted by atomic mass is 10.0. The summed E-state index contributed by atoms with van der Waals surface area (Å²) in [6, 6.07) is 3.60. The third kappa shape index (κ3) is 5.41. The van der Waals surface area contributed by atoms with Crippen molar-refractivity contribution < 1.29 is 35.9 Å². The first kappa shape index (κ1) is 16.2. The van der Waals surface area contributed by atoms with Gasteiger partial charge in [0.05, 0.1) is 0 Å². The van der Waals surface area contributed by atoms with Gasteiger partial charge in [0.1, 0.15) is 12.8 Å². The highest BCUT2D eigenvalue weighted by Crippen LogP contribution is 2.24. The van der Waals surface area contributed by atoms with E-state index < -0.39 is 36.8 Å². The van der Waals surface area contributed by atoms with Crippen LogP contribution in [0.15, 0.2) is 24.3 Å². The Morgan fingerprint density at radius 1 is 0.700 bits per heavy atom. The molecule has 0 aliphatic carbocycles. The third-order valence-corrected chi connectivity index (χ3v) is 2.25. The predicted molar refractivity (Wildman–Crippen MR) is 56.4 cm³/mol. The number of benzene rings is 1. The summed E-state index contributed by atoms with van der Waals surface area (Å²) in [6.45, 7) is 0. The highest BCUT2D eigenvalue weighted by molar-refractivity contribution is 5.99. The van der Waals surface area contributed by atoms with Gasteiger partial charge in [0, 0.05) is 11.1 Å². The van der Waals surface area contributed by atoms with Gasteiger partial charge in [0.2, 0.25) is 0 Å². The number of alkyl halides is 6. The molecule has 0 unspecified atom stereocenters. The van der Waals surface area contributed by atoms with E-state index in [4.69, 9.17) is 0 Å². The van der Waals surface area contributed by atoms with Gasteiger partial charge in [-0.25, -0.2) is 0 Å². The van der Waals surface area contributed by atoms with Gasteiger partial charge in [-0.2, -0.15) is 26.3 Å². The highest BCUT2D eigenvalue weighted by Gasteiger charge is 2.33. The Balaban J connectivity index is 2.79. The van der Waals surface area contributed by atoms with Crippen molar-refractivity contribution in [1.82, 2.24) is 0 Å². The molecule has 0 aliphatic heterocycles. The summed E-state index contributed by atoms with van der Waals surface area (Å²) in [7, 11) is 0. The van der Waals surface area contributed by atoms with Crippen molar-refractivity contribution in [3.63, 3.8) is 0 Å². The molecule has 2 nitrogen and oxygen atoms in total. The van der Waals surface area contributed by atoms with E-state index in [0.717, 1.165) is 24.3 Å². The molecule has 110 valence electrons. The van der Waals surface area contributed by atoms with Gasteiger partial charge < -0.3 is 0 Å². The molecular weight excluding hydrogens is 290 g/mol. The van der Waals surface area contributed by atoms with Crippen LogP contribution in [-0.2, 0) is 0 Å². The van der Waals surface area contributed by atoms with Gasteiger partial charge in [-0.05, 0) is 0 Å². The number of carbonyl (C=O) groups excluding carboxylic acids is 2. The molecule has 0 aromatic heterocycles. The van der Waals surface area contributed by atoms with Crippen LogP contribution in [0.4, 0.5) is 26.3 Å². The molecule has 0 fully saturated rings. The Bertz CT molecular complexity index is 451. The first-order valence-corrected chi connectivity index (χ1v) is 5.28. The fraction of sp³-hybridized carbons (Fsp3) is 0.333. The maximum absolute atomic E-state index is 12.0. The molecule has 20 heavy (non-hydrogen) atoms. The smallest absolute Gasteiger partial charge is 0.294 e. The highest BCUT2D eigenvalue weighted by atomic mass is 19.4. The molecule has 1 aromatic rings. The van der Waals surface area contributed by atoms with Crippen LogP contribution in [0.5, 0.6) is 0 Å². The van der Waals surface area contributed by atoms with E-state index in [0.29, 0.717) is 0 Å². The fourth-order valence-corrected chi connectivity index (χ4v) is 1.41. The molecule has 0 atom stereocenters. The summed E-state index contributed by atoms with van der Waals surface area (Å²) in [6.07, 6.45) is -12.7. The molecule has 0 radical (unpaired) electrons. The van der Waals surface area contributed by atoms with Gasteiger partial charge in [0.25, 0.3) is 0 Å². The van der Waals surface area contributed by atoms with E-state index in [1.54, 1.807) is 0 Å². The topological polar surface area (TPSA) is 34.1 Å². The van der Waals surface area contributed by atoms with Crippen LogP contribution >= 0.6 is 0 Å². The normalized spacial score (nSPS) is 12.3. The Hall–Kier alpha value is -1.86. The Labute approximate surface area is 109 Å². The molecule has 1 aromatic carbocycles. The predicted octanol–water partition coefficient (Wildman–Crippen LogP) is 3.96. The van der Waals surface area contributed by atoms with Crippen molar-refractivity contribution in [3.05, 3.63) is 35.4 Å². The quantitative estimate of drug-likeness (QED) is 0.623. The van der Waals surface area contributed by atoms with E-state index in [1.807, 2.05) is 0 Å². The monoisotopic (exact) mass is 298 g/mol. The van der Waals surface area contributed by atoms with Crippen LogP contribution in [0.2, 0.25) is 0 Å². The Morgan fingerprint density at radius 3 is 1.15 bits per heavy atom. The van der Waals surface area contributed by atoms with Crippen LogP contribution in [0.25, 0.3) is 0 Å².